The first-order chi connectivity index (χ1) is 18.9. The normalized spacial score (nSPS) is 26.2. The molecular weight excluding hydrogens is 556 g/mol. The standard InChI is InChI=1S/C27H36N4O9S/c1-30(2)16-11-12(7-6-8-29-41(5,39)40)21(32)18-14(16)9-13-10-15-20(31(3)4)23(34)19(26(28)37)25(36)27(15,38)24(35)17(13)22(18)33/h11,13,15,20,29,32-33,36,38H,6-10H2,1-5H3,(H2,28,37)/t13-,15+,20-,27+/m1/s1. The number of phenols is 1. The molecule has 0 aliphatic heterocycles. The van der Waals surface area contributed by atoms with Crippen LogP contribution >= 0.6 is 0 Å². The molecule has 4 atom stereocenters. The van der Waals surface area contributed by atoms with E-state index in [0.717, 1.165) is 6.26 Å². The fraction of sp³-hybridized carbons (Fsp3) is 0.519. The quantitative estimate of drug-likeness (QED) is 0.167. The van der Waals surface area contributed by atoms with Gasteiger partial charge in [0, 0.05) is 37.8 Å². The number of nitrogens with one attached hydrogen (secondary N) is 1. The average Bonchev–Trinajstić information content (AvgIpc) is 2.83. The zero-order valence-electron chi connectivity index (χ0n) is 23.6. The molecule has 0 bridgehead atoms. The number of aliphatic hydroxyl groups excluding tert-OH is 2. The van der Waals surface area contributed by atoms with Crippen LogP contribution in [-0.4, -0.2) is 104 Å². The summed E-state index contributed by atoms with van der Waals surface area (Å²) < 4.78 is 25.2. The van der Waals surface area contributed by atoms with Crippen LogP contribution in [-0.2, 0) is 37.2 Å². The van der Waals surface area contributed by atoms with Crippen molar-refractivity contribution in [1.29, 1.82) is 0 Å². The lowest BCUT2D eigenvalue weighted by molar-refractivity contribution is -0.153. The lowest BCUT2D eigenvalue weighted by Gasteiger charge is -2.50. The Labute approximate surface area is 238 Å². The number of ketones is 2. The highest BCUT2D eigenvalue weighted by Crippen LogP contribution is 2.54. The van der Waals surface area contributed by atoms with Gasteiger partial charge in [0.1, 0.15) is 22.8 Å². The van der Waals surface area contributed by atoms with Gasteiger partial charge in [-0.2, -0.15) is 0 Å². The van der Waals surface area contributed by atoms with Crippen molar-refractivity contribution in [2.24, 2.45) is 17.6 Å². The molecule has 1 aromatic carbocycles. The number of benzene rings is 1. The number of sulfonamides is 1. The summed E-state index contributed by atoms with van der Waals surface area (Å²) in [4.78, 5) is 42.6. The third-order valence-corrected chi connectivity index (χ3v) is 8.97. The Morgan fingerprint density at radius 2 is 1.80 bits per heavy atom. The first-order valence-electron chi connectivity index (χ1n) is 13.1. The molecule has 0 radical (unpaired) electrons. The van der Waals surface area contributed by atoms with Crippen LogP contribution in [0.5, 0.6) is 5.75 Å². The number of amides is 1. The van der Waals surface area contributed by atoms with Crippen molar-refractivity contribution >= 4 is 38.9 Å². The van der Waals surface area contributed by atoms with Crippen LogP contribution in [0, 0.1) is 11.8 Å². The molecule has 1 saturated carbocycles. The fourth-order valence-corrected chi connectivity index (χ4v) is 6.99. The van der Waals surface area contributed by atoms with E-state index in [1.807, 2.05) is 0 Å². The Morgan fingerprint density at radius 3 is 2.34 bits per heavy atom. The maximum absolute atomic E-state index is 14.0. The Bertz CT molecular complexity index is 1510. The number of Topliss-reactive ketones (excluding diaryl/α,β-unsaturated/α-hetero) is 2. The van der Waals surface area contributed by atoms with Crippen molar-refractivity contribution in [3.8, 4) is 5.75 Å². The first-order valence-corrected chi connectivity index (χ1v) is 15.0. The van der Waals surface area contributed by atoms with Crippen molar-refractivity contribution in [2.45, 2.75) is 37.3 Å². The molecule has 7 N–H and O–H groups in total. The Hall–Kier alpha value is -3.46. The van der Waals surface area contributed by atoms with Gasteiger partial charge in [-0.3, -0.25) is 19.3 Å². The van der Waals surface area contributed by atoms with Gasteiger partial charge in [0.25, 0.3) is 5.91 Å². The van der Waals surface area contributed by atoms with E-state index in [4.69, 9.17) is 5.73 Å². The molecule has 13 nitrogen and oxygen atoms in total. The van der Waals surface area contributed by atoms with Crippen molar-refractivity contribution in [2.75, 3.05) is 45.9 Å². The van der Waals surface area contributed by atoms with E-state index in [1.54, 1.807) is 39.2 Å². The van der Waals surface area contributed by atoms with E-state index >= 15 is 0 Å². The minimum Gasteiger partial charge on any atom is -0.508 e. The lowest BCUT2D eigenvalue weighted by atomic mass is 9.57. The average molecular weight is 593 g/mol. The van der Waals surface area contributed by atoms with Gasteiger partial charge in [0.2, 0.25) is 15.8 Å². The number of hydrogen-bond acceptors (Lipinski definition) is 11. The fourth-order valence-electron chi connectivity index (χ4n) is 6.47. The summed E-state index contributed by atoms with van der Waals surface area (Å²) >= 11 is 0. The van der Waals surface area contributed by atoms with E-state index in [9.17, 15) is 43.2 Å². The molecular formula is C27H36N4O9S. The maximum atomic E-state index is 14.0. The molecule has 14 heteroatoms. The summed E-state index contributed by atoms with van der Waals surface area (Å²) in [5.41, 5.74) is 3.17. The highest BCUT2D eigenvalue weighted by Gasteiger charge is 2.64. The second-order valence-corrected chi connectivity index (χ2v) is 13.2. The first kappa shape index (κ1) is 30.5. The van der Waals surface area contributed by atoms with Crippen molar-refractivity contribution in [1.82, 2.24) is 9.62 Å². The number of hydrogen-bond donors (Lipinski definition) is 6. The summed E-state index contributed by atoms with van der Waals surface area (Å²) in [6, 6.07) is 0.589. The smallest absolute Gasteiger partial charge is 0.255 e. The molecule has 0 aromatic heterocycles. The monoisotopic (exact) mass is 592 g/mol. The summed E-state index contributed by atoms with van der Waals surface area (Å²) in [5, 5.41) is 45.5. The van der Waals surface area contributed by atoms with Crippen molar-refractivity contribution in [3.05, 3.63) is 39.7 Å². The zero-order chi connectivity index (χ0) is 30.8. The molecule has 0 heterocycles. The Kier molecular flexibility index (Phi) is 7.75. The summed E-state index contributed by atoms with van der Waals surface area (Å²) in [6.07, 6.45) is 1.79. The highest BCUT2D eigenvalue weighted by atomic mass is 32.2. The minimum absolute atomic E-state index is 0.00133. The van der Waals surface area contributed by atoms with Crippen LogP contribution < -0.4 is 15.4 Å². The number of carbonyl (C=O) groups excluding carboxylic acids is 3. The summed E-state index contributed by atoms with van der Waals surface area (Å²) in [7, 11) is 3.24. The number of nitrogens with zero attached hydrogens (tertiary/aromatic N) is 2. The number of primary amides is 1. The third-order valence-electron chi connectivity index (χ3n) is 8.25. The van der Waals surface area contributed by atoms with Gasteiger partial charge in [-0.25, -0.2) is 13.1 Å². The van der Waals surface area contributed by atoms with Crippen LogP contribution in [0.4, 0.5) is 5.69 Å². The van der Waals surface area contributed by atoms with Gasteiger partial charge in [-0.15, -0.1) is 0 Å². The van der Waals surface area contributed by atoms with Gasteiger partial charge in [-0.05, 0) is 62.9 Å². The number of rotatable bonds is 8. The lowest BCUT2D eigenvalue weighted by Crippen LogP contribution is -2.65. The van der Waals surface area contributed by atoms with E-state index in [1.165, 1.54) is 4.90 Å². The number of carbonyl (C=O) groups is 3. The van der Waals surface area contributed by atoms with Gasteiger partial charge < -0.3 is 31.1 Å². The molecule has 4 rings (SSSR count). The zero-order valence-corrected chi connectivity index (χ0v) is 24.4. The SMILES string of the molecule is CN(C)c1cc(CCCNS(C)(=O)=O)c(O)c2c1C[C@@H]1C[C@H]3[C@@H](N(C)C)C(=O)C(C(N)=O)=C(O)[C@@]3(O)C(=O)C1=C2O. The summed E-state index contributed by atoms with van der Waals surface area (Å²) in [5.74, 6) is -7.02. The predicted molar refractivity (Wildman–Crippen MR) is 150 cm³/mol. The molecule has 0 spiro atoms. The number of aryl methyl sites for hydroxylation is 1. The third kappa shape index (κ3) is 4.88. The van der Waals surface area contributed by atoms with Gasteiger partial charge in [0.15, 0.2) is 11.4 Å². The molecule has 0 unspecified atom stereocenters. The molecule has 224 valence electrons. The topological polar surface area (TPSA) is 211 Å². The maximum Gasteiger partial charge on any atom is 0.255 e. The molecule has 0 saturated heterocycles. The molecule has 1 aromatic rings. The van der Waals surface area contributed by atoms with Crippen LogP contribution in [0.15, 0.2) is 23.0 Å². The largest absolute Gasteiger partial charge is 0.508 e. The number of aliphatic hydroxyl groups is 3. The number of phenolic OH excluding ortho intramolecular Hbond substituents is 1. The molecule has 1 fully saturated rings. The molecule has 3 aliphatic rings. The van der Waals surface area contributed by atoms with Crippen molar-refractivity contribution in [3.63, 3.8) is 0 Å². The van der Waals surface area contributed by atoms with E-state index in [0.29, 0.717) is 23.2 Å². The second-order valence-electron chi connectivity index (χ2n) is 11.4. The Balaban J connectivity index is 1.88. The van der Waals surface area contributed by atoms with E-state index in [2.05, 4.69) is 4.72 Å². The molecule has 1 amide bonds. The van der Waals surface area contributed by atoms with Crippen LogP contribution in [0.25, 0.3) is 5.76 Å². The van der Waals surface area contributed by atoms with Gasteiger partial charge >= 0.3 is 0 Å². The van der Waals surface area contributed by atoms with E-state index in [-0.39, 0.29) is 42.7 Å². The number of aromatic hydroxyl groups is 1. The highest BCUT2D eigenvalue weighted by molar-refractivity contribution is 7.88. The summed E-state index contributed by atoms with van der Waals surface area (Å²) in [6.45, 7) is 0.119. The Morgan fingerprint density at radius 1 is 1.17 bits per heavy atom. The van der Waals surface area contributed by atoms with Crippen LogP contribution in [0.3, 0.4) is 0 Å². The number of fused-ring (bicyclic) bond motifs is 3. The number of nitrogens with two attached hydrogens (primary N) is 1. The number of anilines is 1. The number of likely N-dealkylation sites (N-methyl/N-ethyl adjacent to an activating group) is 1. The molecule has 3 aliphatic carbocycles. The van der Waals surface area contributed by atoms with Gasteiger partial charge in [-0.1, -0.05) is 0 Å². The van der Waals surface area contributed by atoms with Crippen LogP contribution in [0.1, 0.15) is 29.5 Å². The van der Waals surface area contributed by atoms with Gasteiger partial charge in [0.05, 0.1) is 17.9 Å². The molecule has 41 heavy (non-hydrogen) atoms. The second kappa shape index (κ2) is 10.4. The predicted octanol–water partition coefficient (Wildman–Crippen LogP) is -0.488. The van der Waals surface area contributed by atoms with Crippen molar-refractivity contribution < 1.29 is 43.2 Å². The van der Waals surface area contributed by atoms with E-state index < -0.39 is 68.1 Å². The minimum atomic E-state index is -3.40. The van der Waals surface area contributed by atoms with Crippen LogP contribution in [0.2, 0.25) is 0 Å².